The molecule has 1 unspecified atom stereocenters. The van der Waals surface area contributed by atoms with E-state index in [1.807, 2.05) is 0 Å². The van der Waals surface area contributed by atoms with Crippen molar-refractivity contribution in [2.45, 2.75) is 44.2 Å². The number of aliphatic hydroxyl groups excluding tert-OH is 1. The summed E-state index contributed by atoms with van der Waals surface area (Å²) in [5, 5.41) is 20.3. The maximum Gasteiger partial charge on any atom is 0.326 e. The smallest absolute Gasteiger partial charge is 0.326 e. The zero-order chi connectivity index (χ0) is 15.1. The Bertz CT molecular complexity index is 372. The maximum atomic E-state index is 12.1. The molecule has 8 nitrogen and oxygen atoms in total. The fourth-order valence-corrected chi connectivity index (χ4v) is 2.35. The van der Waals surface area contributed by atoms with Crippen LogP contribution in [0.3, 0.4) is 0 Å². The van der Waals surface area contributed by atoms with E-state index in [0.29, 0.717) is 13.0 Å². The fraction of sp³-hybridized carbons (Fsp3) is 0.750. The second-order valence-electron chi connectivity index (χ2n) is 4.87. The van der Waals surface area contributed by atoms with Crippen molar-refractivity contribution in [2.24, 2.45) is 5.73 Å². The molecule has 20 heavy (non-hydrogen) atoms. The van der Waals surface area contributed by atoms with Crippen molar-refractivity contribution in [3.8, 4) is 0 Å². The number of nitrogens with two attached hydrogens (primary N) is 1. The maximum absolute atomic E-state index is 12.1. The van der Waals surface area contributed by atoms with Gasteiger partial charge in [-0.25, -0.2) is 9.59 Å². The summed E-state index contributed by atoms with van der Waals surface area (Å²) in [6, 6.07) is -1.95. The number of urea groups is 1. The zero-order valence-electron chi connectivity index (χ0n) is 11.2. The van der Waals surface area contributed by atoms with Crippen molar-refractivity contribution in [1.82, 2.24) is 10.2 Å². The Kier molecular flexibility index (Phi) is 6.23. The molecule has 0 saturated carbocycles. The van der Waals surface area contributed by atoms with Gasteiger partial charge in [0.2, 0.25) is 5.91 Å². The summed E-state index contributed by atoms with van der Waals surface area (Å²) in [6.07, 6.45) is 2.60. The molecular formula is C12H21N3O5. The predicted molar refractivity (Wildman–Crippen MR) is 69.8 cm³/mol. The average molecular weight is 287 g/mol. The van der Waals surface area contributed by atoms with Crippen LogP contribution in [-0.4, -0.2) is 58.3 Å². The normalized spacial score (nSPS) is 20.2. The molecule has 1 aliphatic heterocycles. The molecule has 1 rings (SSSR count). The molecule has 0 aromatic rings. The first-order valence-corrected chi connectivity index (χ1v) is 6.64. The summed E-state index contributed by atoms with van der Waals surface area (Å²) in [6.45, 7) is 0.484. The second-order valence-corrected chi connectivity index (χ2v) is 4.87. The molecule has 0 spiro atoms. The largest absolute Gasteiger partial charge is 0.480 e. The van der Waals surface area contributed by atoms with E-state index in [-0.39, 0.29) is 12.6 Å². The van der Waals surface area contributed by atoms with Gasteiger partial charge in [0.25, 0.3) is 0 Å². The molecule has 0 bridgehead atoms. The summed E-state index contributed by atoms with van der Waals surface area (Å²) >= 11 is 0. The molecule has 114 valence electrons. The molecule has 1 saturated heterocycles. The van der Waals surface area contributed by atoms with Crippen molar-refractivity contribution in [1.29, 1.82) is 0 Å². The molecular weight excluding hydrogens is 266 g/mol. The zero-order valence-corrected chi connectivity index (χ0v) is 11.2. The number of nitrogens with one attached hydrogen (secondary N) is 1. The van der Waals surface area contributed by atoms with E-state index in [9.17, 15) is 14.4 Å². The van der Waals surface area contributed by atoms with Crippen molar-refractivity contribution in [3.05, 3.63) is 0 Å². The first kappa shape index (κ1) is 16.2. The van der Waals surface area contributed by atoms with Gasteiger partial charge in [-0.3, -0.25) is 4.79 Å². The van der Waals surface area contributed by atoms with Gasteiger partial charge in [-0.15, -0.1) is 0 Å². The third kappa shape index (κ3) is 4.69. The van der Waals surface area contributed by atoms with E-state index in [1.54, 1.807) is 0 Å². The minimum absolute atomic E-state index is 0.0297. The van der Waals surface area contributed by atoms with Crippen LogP contribution in [0.1, 0.15) is 32.1 Å². The summed E-state index contributed by atoms with van der Waals surface area (Å²) in [5.41, 5.74) is 4.96. The SMILES string of the molecule is NC(=O)C[C@H](NC(=O)N1CCCCC1CCO)C(=O)O. The molecule has 3 amide bonds. The van der Waals surface area contributed by atoms with Gasteiger partial charge < -0.3 is 26.2 Å². The van der Waals surface area contributed by atoms with Crippen molar-refractivity contribution < 1.29 is 24.6 Å². The lowest BCUT2D eigenvalue weighted by Gasteiger charge is -2.36. The van der Waals surface area contributed by atoms with Gasteiger partial charge in [0, 0.05) is 19.2 Å². The standard InChI is InChI=1S/C12H21N3O5/c13-10(17)7-9(11(18)19)14-12(20)15-5-2-1-3-8(15)4-6-16/h8-9,16H,1-7H2,(H2,13,17)(H,14,20)(H,18,19)/t8?,9-/m0/s1. The lowest BCUT2D eigenvalue weighted by atomic mass is 10.00. The highest BCUT2D eigenvalue weighted by Gasteiger charge is 2.30. The van der Waals surface area contributed by atoms with Gasteiger partial charge in [-0.1, -0.05) is 0 Å². The van der Waals surface area contributed by atoms with E-state index >= 15 is 0 Å². The lowest BCUT2D eigenvalue weighted by Crippen LogP contribution is -2.53. The summed E-state index contributed by atoms with van der Waals surface area (Å²) in [7, 11) is 0. The molecule has 1 heterocycles. The number of carboxylic acid groups (broad SMARTS) is 1. The van der Waals surface area contributed by atoms with Gasteiger partial charge in [0.05, 0.1) is 6.42 Å². The van der Waals surface area contributed by atoms with Crippen LogP contribution in [0.15, 0.2) is 0 Å². The van der Waals surface area contributed by atoms with E-state index in [1.165, 1.54) is 4.90 Å². The summed E-state index contributed by atoms with van der Waals surface area (Å²) < 4.78 is 0. The number of likely N-dealkylation sites (tertiary alicyclic amines) is 1. The predicted octanol–water partition coefficient (Wildman–Crippen LogP) is -0.738. The highest BCUT2D eigenvalue weighted by atomic mass is 16.4. The highest BCUT2D eigenvalue weighted by molar-refractivity contribution is 5.87. The Labute approximate surface area is 116 Å². The monoisotopic (exact) mass is 287 g/mol. The number of hydrogen-bond donors (Lipinski definition) is 4. The summed E-state index contributed by atoms with van der Waals surface area (Å²) in [4.78, 5) is 35.4. The van der Waals surface area contributed by atoms with Crippen LogP contribution in [0.2, 0.25) is 0 Å². The Balaban J connectivity index is 2.65. The summed E-state index contributed by atoms with van der Waals surface area (Å²) in [5.74, 6) is -2.09. The molecule has 2 atom stereocenters. The second kappa shape index (κ2) is 7.68. The first-order valence-electron chi connectivity index (χ1n) is 6.64. The molecule has 0 aromatic carbocycles. The number of amides is 3. The van der Waals surface area contributed by atoms with Gasteiger partial charge in [0.1, 0.15) is 6.04 Å². The fourth-order valence-electron chi connectivity index (χ4n) is 2.35. The van der Waals surface area contributed by atoms with Crippen LogP contribution in [0.4, 0.5) is 4.79 Å². The van der Waals surface area contributed by atoms with E-state index < -0.39 is 30.4 Å². The van der Waals surface area contributed by atoms with E-state index in [2.05, 4.69) is 5.32 Å². The van der Waals surface area contributed by atoms with Crippen LogP contribution in [0.5, 0.6) is 0 Å². The number of hydrogen-bond acceptors (Lipinski definition) is 4. The van der Waals surface area contributed by atoms with Crippen LogP contribution in [-0.2, 0) is 9.59 Å². The molecule has 5 N–H and O–H groups in total. The van der Waals surface area contributed by atoms with E-state index in [0.717, 1.165) is 19.3 Å². The number of aliphatic carboxylic acids is 1. The number of carbonyl (C=O) groups excluding carboxylic acids is 2. The Morgan fingerprint density at radius 3 is 2.60 bits per heavy atom. The minimum Gasteiger partial charge on any atom is -0.480 e. The molecule has 0 aromatic heterocycles. The van der Waals surface area contributed by atoms with Crippen LogP contribution >= 0.6 is 0 Å². The van der Waals surface area contributed by atoms with Gasteiger partial charge in [-0.2, -0.15) is 0 Å². The number of carboxylic acids is 1. The number of primary amides is 1. The Morgan fingerprint density at radius 2 is 2.05 bits per heavy atom. The third-order valence-electron chi connectivity index (χ3n) is 3.35. The molecule has 0 radical (unpaired) electrons. The Hall–Kier alpha value is -1.83. The lowest BCUT2D eigenvalue weighted by molar-refractivity contribution is -0.141. The molecule has 1 fully saturated rings. The topological polar surface area (TPSA) is 133 Å². The third-order valence-corrected chi connectivity index (χ3v) is 3.35. The number of rotatable bonds is 6. The van der Waals surface area contributed by atoms with Gasteiger partial charge in [-0.05, 0) is 25.7 Å². The quantitative estimate of drug-likeness (QED) is 0.510. The minimum atomic E-state index is -1.32. The number of carbonyl (C=O) groups is 3. The van der Waals surface area contributed by atoms with Crippen molar-refractivity contribution >= 4 is 17.9 Å². The number of aliphatic hydroxyl groups is 1. The van der Waals surface area contributed by atoms with Crippen LogP contribution in [0.25, 0.3) is 0 Å². The van der Waals surface area contributed by atoms with Crippen molar-refractivity contribution in [2.75, 3.05) is 13.2 Å². The molecule has 1 aliphatic rings. The Morgan fingerprint density at radius 1 is 1.35 bits per heavy atom. The van der Waals surface area contributed by atoms with Crippen molar-refractivity contribution in [3.63, 3.8) is 0 Å². The van der Waals surface area contributed by atoms with E-state index in [4.69, 9.17) is 15.9 Å². The molecule has 0 aliphatic carbocycles. The van der Waals surface area contributed by atoms with Gasteiger partial charge >= 0.3 is 12.0 Å². The number of piperidine rings is 1. The van der Waals surface area contributed by atoms with Gasteiger partial charge in [0.15, 0.2) is 0 Å². The highest BCUT2D eigenvalue weighted by Crippen LogP contribution is 2.19. The average Bonchev–Trinajstić information content (AvgIpc) is 2.38. The molecule has 8 heteroatoms. The van der Waals surface area contributed by atoms with Crippen LogP contribution < -0.4 is 11.1 Å². The van der Waals surface area contributed by atoms with Crippen LogP contribution in [0, 0.1) is 0 Å². The first-order chi connectivity index (χ1) is 9.45. The number of nitrogens with zero attached hydrogens (tertiary/aromatic N) is 1.